The summed E-state index contributed by atoms with van der Waals surface area (Å²) in [5, 5.41) is 2.48. The topological polar surface area (TPSA) is 26.3 Å². The Bertz CT molecular complexity index is 558. The number of carbonyl (C=O) groups is 1. The van der Waals surface area contributed by atoms with E-state index in [1.165, 1.54) is 16.3 Å². The first kappa shape index (κ1) is 9.40. The summed E-state index contributed by atoms with van der Waals surface area (Å²) in [6, 6.07) is 12.4. The lowest BCUT2D eigenvalue weighted by molar-refractivity contribution is -0.144. The summed E-state index contributed by atoms with van der Waals surface area (Å²) >= 11 is 0. The molecular formula is C14H12O2. The lowest BCUT2D eigenvalue weighted by Crippen LogP contribution is -2.00. The molecule has 0 atom stereocenters. The zero-order valence-corrected chi connectivity index (χ0v) is 8.90. The summed E-state index contributed by atoms with van der Waals surface area (Å²) in [5.41, 5.74) is 2.41. The van der Waals surface area contributed by atoms with Gasteiger partial charge in [-0.3, -0.25) is 4.79 Å². The predicted molar refractivity (Wildman–Crippen MR) is 62.1 cm³/mol. The quantitative estimate of drug-likeness (QED) is 0.628. The highest BCUT2D eigenvalue weighted by molar-refractivity contribution is 5.87. The lowest BCUT2D eigenvalue weighted by atomic mass is 9.96. The maximum absolute atomic E-state index is 11.3. The largest absolute Gasteiger partial charge is 0.461 e. The van der Waals surface area contributed by atoms with Gasteiger partial charge in [-0.05, 0) is 28.3 Å². The Labute approximate surface area is 93.8 Å². The zero-order valence-electron chi connectivity index (χ0n) is 8.90. The van der Waals surface area contributed by atoms with Crippen molar-refractivity contribution in [3.05, 3.63) is 47.5 Å². The highest BCUT2D eigenvalue weighted by atomic mass is 16.5. The van der Waals surface area contributed by atoms with E-state index < -0.39 is 0 Å². The number of hydrogen-bond donors (Lipinski definition) is 0. The molecule has 2 aromatic rings. The number of hydrogen-bond acceptors (Lipinski definition) is 2. The van der Waals surface area contributed by atoms with Gasteiger partial charge >= 0.3 is 5.97 Å². The van der Waals surface area contributed by atoms with E-state index in [9.17, 15) is 4.79 Å². The zero-order chi connectivity index (χ0) is 11.0. The molecule has 0 unspecified atom stereocenters. The average molecular weight is 212 g/mol. The van der Waals surface area contributed by atoms with Gasteiger partial charge in [0.15, 0.2) is 0 Å². The van der Waals surface area contributed by atoms with Crippen molar-refractivity contribution in [2.75, 3.05) is 0 Å². The third kappa shape index (κ3) is 1.47. The number of aryl methyl sites for hydroxylation is 1. The van der Waals surface area contributed by atoms with Gasteiger partial charge in [0.25, 0.3) is 0 Å². The number of carbonyl (C=O) groups excluding carboxylic acids is 1. The SMILES string of the molecule is O=C1CCc2c(ccc3ccccc23)CO1. The molecule has 0 bridgehead atoms. The Morgan fingerprint density at radius 3 is 2.81 bits per heavy atom. The van der Waals surface area contributed by atoms with Crippen LogP contribution in [0.3, 0.4) is 0 Å². The number of cyclic esters (lactones) is 1. The molecule has 16 heavy (non-hydrogen) atoms. The number of ether oxygens (including phenoxy) is 1. The smallest absolute Gasteiger partial charge is 0.306 e. The van der Waals surface area contributed by atoms with Crippen LogP contribution in [-0.2, 0) is 22.6 Å². The molecule has 0 N–H and O–H groups in total. The van der Waals surface area contributed by atoms with Crippen LogP contribution in [0.2, 0.25) is 0 Å². The average Bonchev–Trinajstić information content (AvgIpc) is 2.52. The number of esters is 1. The van der Waals surface area contributed by atoms with Crippen molar-refractivity contribution < 1.29 is 9.53 Å². The van der Waals surface area contributed by atoms with Crippen molar-refractivity contribution >= 4 is 16.7 Å². The van der Waals surface area contributed by atoms with Crippen LogP contribution < -0.4 is 0 Å². The summed E-state index contributed by atoms with van der Waals surface area (Å²) in [4.78, 5) is 11.3. The van der Waals surface area contributed by atoms with E-state index >= 15 is 0 Å². The molecule has 0 radical (unpaired) electrons. The molecule has 1 heterocycles. The van der Waals surface area contributed by atoms with Gasteiger partial charge in [-0.1, -0.05) is 36.4 Å². The standard InChI is InChI=1S/C14H12O2/c15-14-8-7-13-11(9-16-14)6-5-10-3-1-2-4-12(10)13/h1-6H,7-9H2. The van der Waals surface area contributed by atoms with Crippen LogP contribution in [0.25, 0.3) is 10.8 Å². The fourth-order valence-electron chi connectivity index (χ4n) is 2.27. The Morgan fingerprint density at radius 2 is 1.88 bits per heavy atom. The molecule has 0 saturated heterocycles. The van der Waals surface area contributed by atoms with E-state index in [2.05, 4.69) is 24.3 Å². The first-order valence-electron chi connectivity index (χ1n) is 5.50. The molecule has 1 aliphatic rings. The van der Waals surface area contributed by atoms with Crippen LogP contribution in [0.1, 0.15) is 17.5 Å². The summed E-state index contributed by atoms with van der Waals surface area (Å²) in [5.74, 6) is -0.0970. The minimum Gasteiger partial charge on any atom is -0.461 e. The van der Waals surface area contributed by atoms with Gasteiger partial charge in [0.05, 0.1) is 0 Å². The fraction of sp³-hybridized carbons (Fsp3) is 0.214. The highest BCUT2D eigenvalue weighted by Gasteiger charge is 2.15. The van der Waals surface area contributed by atoms with E-state index in [0.29, 0.717) is 13.0 Å². The summed E-state index contributed by atoms with van der Waals surface area (Å²) in [6.45, 7) is 0.416. The minimum absolute atomic E-state index is 0.0970. The second-order valence-electron chi connectivity index (χ2n) is 4.09. The van der Waals surface area contributed by atoms with Gasteiger partial charge in [0.1, 0.15) is 6.61 Å². The highest BCUT2D eigenvalue weighted by Crippen LogP contribution is 2.26. The van der Waals surface area contributed by atoms with E-state index in [4.69, 9.17) is 4.74 Å². The molecule has 0 aliphatic carbocycles. The third-order valence-electron chi connectivity index (χ3n) is 3.11. The number of fused-ring (bicyclic) bond motifs is 3. The van der Waals surface area contributed by atoms with Crippen LogP contribution in [0.4, 0.5) is 0 Å². The van der Waals surface area contributed by atoms with Crippen molar-refractivity contribution in [3.63, 3.8) is 0 Å². The molecule has 1 aliphatic heterocycles. The van der Waals surface area contributed by atoms with E-state index in [-0.39, 0.29) is 5.97 Å². The Hall–Kier alpha value is -1.83. The monoisotopic (exact) mass is 212 g/mol. The van der Waals surface area contributed by atoms with Crippen molar-refractivity contribution in [1.29, 1.82) is 0 Å². The number of benzene rings is 2. The maximum Gasteiger partial charge on any atom is 0.306 e. The molecule has 0 saturated carbocycles. The van der Waals surface area contributed by atoms with Crippen molar-refractivity contribution in [1.82, 2.24) is 0 Å². The molecule has 2 aromatic carbocycles. The van der Waals surface area contributed by atoms with Crippen molar-refractivity contribution in [3.8, 4) is 0 Å². The lowest BCUT2D eigenvalue weighted by Gasteiger charge is -2.08. The fourth-order valence-corrected chi connectivity index (χ4v) is 2.27. The molecule has 0 spiro atoms. The van der Waals surface area contributed by atoms with Crippen LogP contribution >= 0.6 is 0 Å². The molecule has 0 fully saturated rings. The second kappa shape index (κ2) is 3.63. The number of rotatable bonds is 0. The van der Waals surface area contributed by atoms with E-state index in [1.54, 1.807) is 0 Å². The first-order valence-corrected chi connectivity index (χ1v) is 5.50. The molecule has 2 heteroatoms. The van der Waals surface area contributed by atoms with Gasteiger partial charge < -0.3 is 4.74 Å². The van der Waals surface area contributed by atoms with Crippen LogP contribution in [0.15, 0.2) is 36.4 Å². The van der Waals surface area contributed by atoms with E-state index in [0.717, 1.165) is 12.0 Å². The summed E-state index contributed by atoms with van der Waals surface area (Å²) in [6.07, 6.45) is 1.27. The second-order valence-corrected chi connectivity index (χ2v) is 4.09. The Balaban J connectivity index is 2.22. The third-order valence-corrected chi connectivity index (χ3v) is 3.11. The molecule has 80 valence electrons. The molecular weight excluding hydrogens is 200 g/mol. The Kier molecular flexibility index (Phi) is 2.13. The predicted octanol–water partition coefficient (Wildman–Crippen LogP) is 2.83. The minimum atomic E-state index is -0.0970. The van der Waals surface area contributed by atoms with Gasteiger partial charge in [-0.15, -0.1) is 0 Å². The van der Waals surface area contributed by atoms with Gasteiger partial charge in [0, 0.05) is 6.42 Å². The van der Waals surface area contributed by atoms with Crippen LogP contribution in [-0.4, -0.2) is 5.97 Å². The van der Waals surface area contributed by atoms with Crippen LogP contribution in [0.5, 0.6) is 0 Å². The van der Waals surface area contributed by atoms with Crippen molar-refractivity contribution in [2.24, 2.45) is 0 Å². The van der Waals surface area contributed by atoms with Crippen LogP contribution in [0, 0.1) is 0 Å². The first-order chi connectivity index (χ1) is 7.84. The van der Waals surface area contributed by atoms with E-state index in [1.807, 2.05) is 12.1 Å². The molecule has 0 amide bonds. The molecule has 2 nitrogen and oxygen atoms in total. The van der Waals surface area contributed by atoms with Gasteiger partial charge in [0.2, 0.25) is 0 Å². The Morgan fingerprint density at radius 1 is 1.00 bits per heavy atom. The summed E-state index contributed by atoms with van der Waals surface area (Å²) < 4.78 is 5.14. The van der Waals surface area contributed by atoms with Crippen molar-refractivity contribution in [2.45, 2.75) is 19.4 Å². The van der Waals surface area contributed by atoms with Gasteiger partial charge in [-0.2, -0.15) is 0 Å². The van der Waals surface area contributed by atoms with Gasteiger partial charge in [-0.25, -0.2) is 0 Å². The normalized spacial score (nSPS) is 15.4. The maximum atomic E-state index is 11.3. The molecule has 3 rings (SSSR count). The molecule has 0 aromatic heterocycles. The summed E-state index contributed by atoms with van der Waals surface area (Å²) in [7, 11) is 0.